The highest BCUT2D eigenvalue weighted by Gasteiger charge is 2.19. The summed E-state index contributed by atoms with van der Waals surface area (Å²) in [5, 5.41) is 0.719. The molecular weight excluding hydrogens is 262 g/mol. The fraction of sp³-hybridized carbons (Fsp3) is 0.267. The van der Waals surface area contributed by atoms with Gasteiger partial charge in [-0.1, -0.05) is 23.7 Å². The van der Waals surface area contributed by atoms with Crippen molar-refractivity contribution >= 4 is 17.5 Å². The van der Waals surface area contributed by atoms with Gasteiger partial charge in [-0.15, -0.1) is 0 Å². The first kappa shape index (κ1) is 13.7. The Hall–Kier alpha value is -1.74. The quantitative estimate of drug-likeness (QED) is 0.855. The Morgan fingerprint density at radius 3 is 2.58 bits per heavy atom. The molecule has 0 spiro atoms. The first-order chi connectivity index (χ1) is 9.08. The maximum absolute atomic E-state index is 12.1. The van der Waals surface area contributed by atoms with Gasteiger partial charge >= 0.3 is 0 Å². The highest BCUT2D eigenvalue weighted by atomic mass is 35.5. The standard InChI is InChI=1S/C15H16ClNO2/c1-11(10-12-5-7-13(16)8-6-12)17(2)15(18)14-4-3-9-19-14/h3-9,11H,10H2,1-2H3. The minimum atomic E-state index is -0.105. The third-order valence-corrected chi connectivity index (χ3v) is 3.41. The van der Waals surface area contributed by atoms with Gasteiger partial charge in [0.2, 0.25) is 0 Å². The molecular formula is C15H16ClNO2. The number of benzene rings is 1. The average Bonchev–Trinajstić information content (AvgIpc) is 2.93. The summed E-state index contributed by atoms with van der Waals surface area (Å²) in [7, 11) is 1.78. The SMILES string of the molecule is CC(Cc1ccc(Cl)cc1)N(C)C(=O)c1ccco1. The third-order valence-electron chi connectivity index (χ3n) is 3.16. The molecule has 0 bridgehead atoms. The Bertz CT molecular complexity index is 534. The summed E-state index contributed by atoms with van der Waals surface area (Å²) in [6.07, 6.45) is 2.28. The molecule has 1 aromatic carbocycles. The van der Waals surface area contributed by atoms with Crippen molar-refractivity contribution in [3.63, 3.8) is 0 Å². The Balaban J connectivity index is 2.01. The molecule has 3 nitrogen and oxygen atoms in total. The zero-order chi connectivity index (χ0) is 13.8. The second-order valence-electron chi connectivity index (χ2n) is 4.57. The van der Waals surface area contributed by atoms with Crippen LogP contribution in [0.5, 0.6) is 0 Å². The lowest BCUT2D eigenvalue weighted by molar-refractivity contribution is 0.0711. The van der Waals surface area contributed by atoms with E-state index >= 15 is 0 Å². The van der Waals surface area contributed by atoms with Gasteiger partial charge in [0.25, 0.3) is 5.91 Å². The molecule has 0 fully saturated rings. The number of furan rings is 1. The number of nitrogens with zero attached hydrogens (tertiary/aromatic N) is 1. The van der Waals surface area contributed by atoms with Crippen molar-refractivity contribution in [1.29, 1.82) is 0 Å². The van der Waals surface area contributed by atoms with E-state index in [0.717, 1.165) is 17.0 Å². The lowest BCUT2D eigenvalue weighted by Gasteiger charge is -2.24. The van der Waals surface area contributed by atoms with Gasteiger partial charge in [-0.3, -0.25) is 4.79 Å². The number of likely N-dealkylation sites (N-methyl/N-ethyl adjacent to an activating group) is 1. The molecule has 4 heteroatoms. The molecule has 1 heterocycles. The summed E-state index contributed by atoms with van der Waals surface area (Å²) in [5.41, 5.74) is 1.15. The van der Waals surface area contributed by atoms with Crippen LogP contribution in [0.25, 0.3) is 0 Å². The van der Waals surface area contributed by atoms with Crippen molar-refractivity contribution in [2.75, 3.05) is 7.05 Å². The van der Waals surface area contributed by atoms with Crippen molar-refractivity contribution in [1.82, 2.24) is 4.90 Å². The first-order valence-electron chi connectivity index (χ1n) is 6.13. The molecule has 0 radical (unpaired) electrons. The van der Waals surface area contributed by atoms with Crippen molar-refractivity contribution in [2.45, 2.75) is 19.4 Å². The summed E-state index contributed by atoms with van der Waals surface area (Å²) in [6.45, 7) is 2.01. The number of hydrogen-bond acceptors (Lipinski definition) is 2. The van der Waals surface area contributed by atoms with Gasteiger partial charge in [0, 0.05) is 18.1 Å². The smallest absolute Gasteiger partial charge is 0.289 e. The van der Waals surface area contributed by atoms with Crippen molar-refractivity contribution in [3.8, 4) is 0 Å². The molecule has 1 aromatic heterocycles. The summed E-state index contributed by atoms with van der Waals surface area (Å²) in [5.74, 6) is 0.261. The first-order valence-corrected chi connectivity index (χ1v) is 6.51. The molecule has 100 valence electrons. The van der Waals surface area contributed by atoms with Gasteiger partial charge in [0.15, 0.2) is 5.76 Å². The fourth-order valence-corrected chi connectivity index (χ4v) is 2.00. The minimum Gasteiger partial charge on any atom is -0.459 e. The van der Waals surface area contributed by atoms with Crippen LogP contribution in [0.3, 0.4) is 0 Å². The van der Waals surface area contributed by atoms with Crippen LogP contribution < -0.4 is 0 Å². The van der Waals surface area contributed by atoms with E-state index in [2.05, 4.69) is 0 Å². The molecule has 19 heavy (non-hydrogen) atoms. The lowest BCUT2D eigenvalue weighted by Crippen LogP contribution is -2.36. The van der Waals surface area contributed by atoms with Gasteiger partial charge in [-0.25, -0.2) is 0 Å². The van der Waals surface area contributed by atoms with E-state index in [1.54, 1.807) is 24.1 Å². The molecule has 1 atom stereocenters. The molecule has 0 aliphatic heterocycles. The monoisotopic (exact) mass is 277 g/mol. The number of carbonyl (C=O) groups is 1. The average molecular weight is 278 g/mol. The molecule has 0 aliphatic rings. The molecule has 0 saturated carbocycles. The van der Waals surface area contributed by atoms with Crippen LogP contribution in [0.1, 0.15) is 23.0 Å². The lowest BCUT2D eigenvalue weighted by atomic mass is 10.1. The zero-order valence-corrected chi connectivity index (χ0v) is 11.7. The van der Waals surface area contributed by atoms with Crippen LogP contribution in [-0.4, -0.2) is 23.9 Å². The minimum absolute atomic E-state index is 0.0822. The summed E-state index contributed by atoms with van der Waals surface area (Å²) in [4.78, 5) is 13.8. The summed E-state index contributed by atoms with van der Waals surface area (Å²) in [6, 6.07) is 11.1. The molecule has 0 aliphatic carbocycles. The predicted molar refractivity (Wildman–Crippen MR) is 75.4 cm³/mol. The highest BCUT2D eigenvalue weighted by molar-refractivity contribution is 6.30. The number of hydrogen-bond donors (Lipinski definition) is 0. The Morgan fingerprint density at radius 1 is 1.32 bits per heavy atom. The van der Waals surface area contributed by atoms with Gasteiger partial charge in [-0.05, 0) is 43.2 Å². The highest BCUT2D eigenvalue weighted by Crippen LogP contribution is 2.14. The third kappa shape index (κ3) is 3.38. The predicted octanol–water partition coefficient (Wildman–Crippen LogP) is 3.64. The molecule has 0 N–H and O–H groups in total. The van der Waals surface area contributed by atoms with Crippen LogP contribution >= 0.6 is 11.6 Å². The zero-order valence-electron chi connectivity index (χ0n) is 11.0. The van der Waals surface area contributed by atoms with Crippen LogP contribution in [0.4, 0.5) is 0 Å². The van der Waals surface area contributed by atoms with Gasteiger partial charge < -0.3 is 9.32 Å². The normalized spacial score (nSPS) is 12.2. The summed E-state index contributed by atoms with van der Waals surface area (Å²) < 4.78 is 5.12. The number of carbonyl (C=O) groups excluding carboxylic acids is 1. The number of amides is 1. The molecule has 0 saturated heterocycles. The molecule has 2 aromatic rings. The van der Waals surface area contributed by atoms with E-state index in [-0.39, 0.29) is 11.9 Å². The van der Waals surface area contributed by atoms with E-state index in [9.17, 15) is 4.79 Å². The fourth-order valence-electron chi connectivity index (χ4n) is 1.87. The van der Waals surface area contributed by atoms with Crippen LogP contribution in [-0.2, 0) is 6.42 Å². The van der Waals surface area contributed by atoms with Gasteiger partial charge in [0.05, 0.1) is 6.26 Å². The summed E-state index contributed by atoms with van der Waals surface area (Å²) >= 11 is 5.85. The van der Waals surface area contributed by atoms with Crippen molar-refractivity contribution in [3.05, 3.63) is 59.0 Å². The van der Waals surface area contributed by atoms with E-state index < -0.39 is 0 Å². The molecule has 2 rings (SSSR count). The maximum atomic E-state index is 12.1. The van der Waals surface area contributed by atoms with Gasteiger partial charge in [-0.2, -0.15) is 0 Å². The van der Waals surface area contributed by atoms with Crippen LogP contribution in [0, 0.1) is 0 Å². The molecule has 1 amide bonds. The topological polar surface area (TPSA) is 33.5 Å². The van der Waals surface area contributed by atoms with Gasteiger partial charge in [0.1, 0.15) is 0 Å². The Morgan fingerprint density at radius 2 is 2.00 bits per heavy atom. The van der Waals surface area contributed by atoms with Crippen LogP contribution in [0.15, 0.2) is 47.1 Å². The molecule has 1 unspecified atom stereocenters. The number of rotatable bonds is 4. The maximum Gasteiger partial charge on any atom is 0.289 e. The second kappa shape index (κ2) is 5.93. The van der Waals surface area contributed by atoms with Crippen LogP contribution in [0.2, 0.25) is 5.02 Å². The van der Waals surface area contributed by atoms with E-state index in [1.807, 2.05) is 31.2 Å². The largest absolute Gasteiger partial charge is 0.459 e. The van der Waals surface area contributed by atoms with E-state index in [0.29, 0.717) is 5.76 Å². The van der Waals surface area contributed by atoms with Crippen molar-refractivity contribution < 1.29 is 9.21 Å². The Labute approximate surface area is 117 Å². The second-order valence-corrected chi connectivity index (χ2v) is 5.01. The number of halogens is 1. The van der Waals surface area contributed by atoms with Crippen molar-refractivity contribution in [2.24, 2.45) is 0 Å². The Kier molecular flexibility index (Phi) is 4.27. The van der Waals surface area contributed by atoms with E-state index in [1.165, 1.54) is 6.26 Å². The van der Waals surface area contributed by atoms with E-state index in [4.69, 9.17) is 16.0 Å².